The molecule has 3 aliphatic rings. The molecule has 2 heteroatoms. The minimum atomic E-state index is -0.387. The average Bonchev–Trinajstić information content (AvgIpc) is 2.83. The molecule has 78 valence electrons. The first-order valence-electron chi connectivity index (χ1n) is 5.55. The molecule has 3 rings (SSSR count). The molecule has 0 spiro atoms. The van der Waals surface area contributed by atoms with Crippen molar-refractivity contribution >= 4 is 5.78 Å². The Morgan fingerprint density at radius 2 is 1.79 bits per heavy atom. The summed E-state index contributed by atoms with van der Waals surface area (Å²) in [5, 5.41) is 0. The number of Topliss-reactive ketones (excluding diaryl/α,β-unsaturated/α-hetero) is 1. The lowest BCUT2D eigenvalue weighted by Crippen LogP contribution is -2.34. The summed E-state index contributed by atoms with van der Waals surface area (Å²) >= 11 is 0. The van der Waals surface area contributed by atoms with Gasteiger partial charge in [0.1, 0.15) is 5.60 Å². The standard InChI is InChI=1S/C12H18O2/c1-7(13)12-6-9-8(10(9,2)3)5-11(12,4)14-12/h8-9H,5-6H2,1-4H3. The summed E-state index contributed by atoms with van der Waals surface area (Å²) in [5.41, 5.74) is -0.0437. The molecule has 0 N–H and O–H groups in total. The molecule has 2 nitrogen and oxygen atoms in total. The Morgan fingerprint density at radius 1 is 1.21 bits per heavy atom. The van der Waals surface area contributed by atoms with Gasteiger partial charge in [0.2, 0.25) is 0 Å². The van der Waals surface area contributed by atoms with E-state index in [0.717, 1.165) is 24.7 Å². The van der Waals surface area contributed by atoms with E-state index in [1.165, 1.54) is 0 Å². The van der Waals surface area contributed by atoms with Crippen LogP contribution in [0.2, 0.25) is 0 Å². The van der Waals surface area contributed by atoms with Crippen LogP contribution >= 0.6 is 0 Å². The fourth-order valence-electron chi connectivity index (χ4n) is 3.81. The van der Waals surface area contributed by atoms with Gasteiger partial charge in [-0.2, -0.15) is 0 Å². The molecule has 2 aliphatic carbocycles. The van der Waals surface area contributed by atoms with Crippen molar-refractivity contribution in [3.05, 3.63) is 0 Å². The van der Waals surface area contributed by atoms with Crippen molar-refractivity contribution in [2.24, 2.45) is 17.3 Å². The summed E-state index contributed by atoms with van der Waals surface area (Å²) in [6, 6.07) is 0. The zero-order valence-corrected chi connectivity index (χ0v) is 9.39. The molecule has 14 heavy (non-hydrogen) atoms. The van der Waals surface area contributed by atoms with Gasteiger partial charge in [-0.1, -0.05) is 13.8 Å². The molecule has 4 unspecified atom stereocenters. The van der Waals surface area contributed by atoms with Crippen LogP contribution in [0.1, 0.15) is 40.5 Å². The summed E-state index contributed by atoms with van der Waals surface area (Å²) < 4.78 is 5.76. The maximum absolute atomic E-state index is 11.6. The van der Waals surface area contributed by atoms with Crippen molar-refractivity contribution in [2.75, 3.05) is 0 Å². The molecule has 3 fully saturated rings. The van der Waals surface area contributed by atoms with Gasteiger partial charge in [0.05, 0.1) is 0 Å². The fraction of sp³-hybridized carbons (Fsp3) is 0.917. The summed E-state index contributed by atoms with van der Waals surface area (Å²) in [6.07, 6.45) is 2.06. The second-order valence-electron chi connectivity index (χ2n) is 6.16. The molecule has 2 saturated carbocycles. The maximum atomic E-state index is 11.6. The van der Waals surface area contributed by atoms with Crippen LogP contribution in [-0.4, -0.2) is 17.0 Å². The minimum Gasteiger partial charge on any atom is -0.354 e. The molecule has 0 radical (unpaired) electrons. The quantitative estimate of drug-likeness (QED) is 0.599. The molecule has 1 heterocycles. The second kappa shape index (κ2) is 1.95. The largest absolute Gasteiger partial charge is 0.354 e. The number of ether oxygens (including phenoxy) is 1. The molecule has 1 aliphatic heterocycles. The fourth-order valence-corrected chi connectivity index (χ4v) is 3.81. The van der Waals surface area contributed by atoms with Gasteiger partial charge in [0.25, 0.3) is 0 Å². The Morgan fingerprint density at radius 3 is 2.36 bits per heavy atom. The second-order valence-corrected chi connectivity index (χ2v) is 6.16. The van der Waals surface area contributed by atoms with E-state index in [0.29, 0.717) is 5.41 Å². The predicted octanol–water partition coefficient (Wildman–Crippen LogP) is 2.17. The number of carbonyl (C=O) groups excluding carboxylic acids is 1. The normalized spacial score (nSPS) is 57.1. The predicted molar refractivity (Wildman–Crippen MR) is 52.9 cm³/mol. The summed E-state index contributed by atoms with van der Waals surface area (Å²) in [7, 11) is 0. The van der Waals surface area contributed by atoms with Crippen LogP contribution in [0, 0.1) is 17.3 Å². The molecule has 0 bridgehead atoms. The number of rotatable bonds is 1. The number of carbonyl (C=O) groups is 1. The number of ketones is 1. The molecule has 0 aromatic rings. The van der Waals surface area contributed by atoms with Crippen LogP contribution in [0.4, 0.5) is 0 Å². The van der Waals surface area contributed by atoms with E-state index in [-0.39, 0.29) is 17.0 Å². The zero-order chi connectivity index (χ0) is 10.4. The first kappa shape index (κ1) is 8.90. The van der Waals surface area contributed by atoms with Crippen molar-refractivity contribution in [1.29, 1.82) is 0 Å². The van der Waals surface area contributed by atoms with Crippen molar-refractivity contribution in [1.82, 2.24) is 0 Å². The van der Waals surface area contributed by atoms with Gasteiger partial charge >= 0.3 is 0 Å². The highest BCUT2D eigenvalue weighted by atomic mass is 16.6. The van der Waals surface area contributed by atoms with Gasteiger partial charge in [0, 0.05) is 0 Å². The van der Waals surface area contributed by atoms with Gasteiger partial charge in [-0.15, -0.1) is 0 Å². The molecular weight excluding hydrogens is 176 g/mol. The Kier molecular flexibility index (Phi) is 1.24. The van der Waals surface area contributed by atoms with Crippen molar-refractivity contribution in [3.63, 3.8) is 0 Å². The number of hydrogen-bond acceptors (Lipinski definition) is 2. The summed E-state index contributed by atoms with van der Waals surface area (Å²) in [4.78, 5) is 11.6. The van der Waals surface area contributed by atoms with Crippen LogP contribution in [0.15, 0.2) is 0 Å². The molecule has 4 atom stereocenters. The lowest BCUT2D eigenvalue weighted by molar-refractivity contribution is -0.122. The van der Waals surface area contributed by atoms with E-state index in [4.69, 9.17) is 4.74 Å². The third kappa shape index (κ3) is 0.723. The van der Waals surface area contributed by atoms with E-state index >= 15 is 0 Å². The van der Waals surface area contributed by atoms with Crippen LogP contribution in [0.5, 0.6) is 0 Å². The Labute approximate surface area is 85.0 Å². The minimum absolute atomic E-state index is 0.117. The van der Waals surface area contributed by atoms with Gasteiger partial charge < -0.3 is 4.74 Å². The maximum Gasteiger partial charge on any atom is 0.164 e. The first-order chi connectivity index (χ1) is 6.33. The van der Waals surface area contributed by atoms with Crippen LogP contribution < -0.4 is 0 Å². The molecule has 0 amide bonds. The van der Waals surface area contributed by atoms with E-state index in [1.54, 1.807) is 6.92 Å². The third-order valence-electron chi connectivity index (χ3n) is 5.19. The van der Waals surface area contributed by atoms with Gasteiger partial charge in [-0.3, -0.25) is 4.79 Å². The highest BCUT2D eigenvalue weighted by Gasteiger charge is 2.80. The Hall–Kier alpha value is -0.370. The number of hydrogen-bond donors (Lipinski definition) is 0. The number of fused-ring (bicyclic) bond motifs is 2. The SMILES string of the molecule is CC(=O)C12CC3C(CC1(C)O2)C3(C)C. The highest BCUT2D eigenvalue weighted by Crippen LogP contribution is 2.74. The van der Waals surface area contributed by atoms with Crippen molar-refractivity contribution in [2.45, 2.75) is 51.7 Å². The van der Waals surface area contributed by atoms with Crippen molar-refractivity contribution < 1.29 is 9.53 Å². The molecular formula is C12H18O2. The monoisotopic (exact) mass is 194 g/mol. The zero-order valence-electron chi connectivity index (χ0n) is 9.39. The highest BCUT2D eigenvalue weighted by molar-refractivity contribution is 5.90. The van der Waals surface area contributed by atoms with Crippen LogP contribution in [-0.2, 0) is 9.53 Å². The number of epoxide rings is 1. The molecule has 0 aromatic heterocycles. The van der Waals surface area contributed by atoms with Crippen molar-refractivity contribution in [3.8, 4) is 0 Å². The summed E-state index contributed by atoms with van der Waals surface area (Å²) in [6.45, 7) is 8.44. The van der Waals surface area contributed by atoms with E-state index < -0.39 is 0 Å². The molecule has 1 saturated heterocycles. The third-order valence-corrected chi connectivity index (χ3v) is 5.19. The topological polar surface area (TPSA) is 29.6 Å². The average molecular weight is 194 g/mol. The van der Waals surface area contributed by atoms with E-state index in [1.807, 2.05) is 0 Å². The Balaban J connectivity index is 1.92. The lowest BCUT2D eigenvalue weighted by atomic mass is 9.78. The Bertz CT molecular complexity index is 333. The summed E-state index contributed by atoms with van der Waals surface area (Å²) in [5.74, 6) is 1.76. The van der Waals surface area contributed by atoms with E-state index in [9.17, 15) is 4.79 Å². The van der Waals surface area contributed by atoms with Gasteiger partial charge in [-0.05, 0) is 43.9 Å². The van der Waals surface area contributed by atoms with Gasteiger partial charge in [0.15, 0.2) is 11.4 Å². The first-order valence-corrected chi connectivity index (χ1v) is 5.55. The smallest absolute Gasteiger partial charge is 0.164 e. The van der Waals surface area contributed by atoms with Gasteiger partial charge in [-0.25, -0.2) is 0 Å². The van der Waals surface area contributed by atoms with Crippen LogP contribution in [0.25, 0.3) is 0 Å². The lowest BCUT2D eigenvalue weighted by Gasteiger charge is -2.18. The van der Waals surface area contributed by atoms with Crippen LogP contribution in [0.3, 0.4) is 0 Å². The van der Waals surface area contributed by atoms with E-state index in [2.05, 4.69) is 20.8 Å². The molecule has 0 aromatic carbocycles.